The number of anilines is 1. The predicted molar refractivity (Wildman–Crippen MR) is 93.9 cm³/mol. The van der Waals surface area contributed by atoms with Gasteiger partial charge in [0, 0.05) is 19.7 Å². The van der Waals surface area contributed by atoms with E-state index in [4.69, 9.17) is 14.7 Å². The molecule has 0 saturated carbocycles. The minimum absolute atomic E-state index is 0.0601. The van der Waals surface area contributed by atoms with Crippen molar-refractivity contribution in [2.45, 2.75) is 45.3 Å². The second-order valence-corrected chi connectivity index (χ2v) is 6.52. The highest BCUT2D eigenvalue weighted by Gasteiger charge is 2.16. The molecule has 132 valence electrons. The third-order valence-corrected chi connectivity index (χ3v) is 3.17. The quantitative estimate of drug-likeness (QED) is 0.713. The average molecular weight is 333 g/mol. The molecule has 0 aliphatic heterocycles. The van der Waals surface area contributed by atoms with E-state index in [0.717, 1.165) is 18.5 Å². The van der Waals surface area contributed by atoms with Gasteiger partial charge in [-0.05, 0) is 45.7 Å². The number of nitrogens with zero attached hydrogens (tertiary/aromatic N) is 1. The molecular formula is C18H27N3O3. The van der Waals surface area contributed by atoms with Gasteiger partial charge in [-0.1, -0.05) is 12.1 Å². The summed E-state index contributed by atoms with van der Waals surface area (Å²) in [4.78, 5) is 11.6. The molecule has 0 aromatic heterocycles. The van der Waals surface area contributed by atoms with E-state index in [1.54, 1.807) is 13.2 Å². The molecule has 0 saturated heterocycles. The minimum atomic E-state index is -0.495. The van der Waals surface area contributed by atoms with Crippen LogP contribution in [0.15, 0.2) is 24.3 Å². The van der Waals surface area contributed by atoms with Gasteiger partial charge in [-0.25, -0.2) is 4.79 Å². The molecule has 0 heterocycles. The van der Waals surface area contributed by atoms with Crippen LogP contribution in [-0.2, 0) is 9.47 Å². The molecule has 6 heteroatoms. The zero-order valence-electron chi connectivity index (χ0n) is 14.9. The van der Waals surface area contributed by atoms with Gasteiger partial charge in [-0.3, -0.25) is 0 Å². The molecule has 6 nitrogen and oxygen atoms in total. The lowest BCUT2D eigenvalue weighted by atomic mass is 10.1. The number of nitrogens with one attached hydrogen (secondary N) is 2. The van der Waals surface area contributed by atoms with E-state index in [2.05, 4.69) is 16.7 Å². The zero-order valence-corrected chi connectivity index (χ0v) is 14.9. The maximum Gasteiger partial charge on any atom is 0.407 e. The highest BCUT2D eigenvalue weighted by molar-refractivity contribution is 5.67. The van der Waals surface area contributed by atoms with Crippen LogP contribution in [-0.4, -0.2) is 38.0 Å². The van der Waals surface area contributed by atoms with E-state index in [1.807, 2.05) is 39.0 Å². The zero-order chi connectivity index (χ0) is 18.0. The normalized spacial score (nSPS) is 12.1. The predicted octanol–water partition coefficient (Wildman–Crippen LogP) is 3.29. The number of benzene rings is 1. The van der Waals surface area contributed by atoms with Crippen LogP contribution in [0.25, 0.3) is 0 Å². The van der Waals surface area contributed by atoms with Crippen LogP contribution in [0.4, 0.5) is 10.5 Å². The second-order valence-electron chi connectivity index (χ2n) is 6.52. The molecule has 2 N–H and O–H groups in total. The summed E-state index contributed by atoms with van der Waals surface area (Å²) in [5.41, 5.74) is 0.901. The maximum absolute atomic E-state index is 11.6. The van der Waals surface area contributed by atoms with E-state index in [1.165, 1.54) is 0 Å². The SMILES string of the molecule is COCC(CCCNC(=O)OC(C)(C)C)Nc1ccccc1C#N. The molecule has 1 aromatic carbocycles. The fraction of sp³-hybridized carbons (Fsp3) is 0.556. The van der Waals surface area contributed by atoms with Crippen molar-refractivity contribution < 1.29 is 14.3 Å². The first-order valence-corrected chi connectivity index (χ1v) is 8.07. The van der Waals surface area contributed by atoms with Crippen molar-refractivity contribution in [1.82, 2.24) is 5.32 Å². The number of nitriles is 1. The molecule has 0 aliphatic rings. The van der Waals surface area contributed by atoms with Crippen LogP contribution >= 0.6 is 0 Å². The summed E-state index contributed by atoms with van der Waals surface area (Å²) in [7, 11) is 1.64. The summed E-state index contributed by atoms with van der Waals surface area (Å²) in [6.07, 6.45) is 1.16. The highest BCUT2D eigenvalue weighted by atomic mass is 16.6. The Kier molecular flexibility index (Phi) is 8.07. The molecule has 1 unspecified atom stereocenters. The number of ether oxygens (including phenoxy) is 2. The maximum atomic E-state index is 11.6. The van der Waals surface area contributed by atoms with E-state index >= 15 is 0 Å². The van der Waals surface area contributed by atoms with Crippen molar-refractivity contribution in [2.24, 2.45) is 0 Å². The molecule has 24 heavy (non-hydrogen) atoms. The van der Waals surface area contributed by atoms with E-state index in [0.29, 0.717) is 18.7 Å². The highest BCUT2D eigenvalue weighted by Crippen LogP contribution is 2.16. The summed E-state index contributed by atoms with van der Waals surface area (Å²) in [5.74, 6) is 0. The standard InChI is InChI=1S/C18H27N3O3/c1-18(2,3)24-17(22)20-11-7-9-15(13-23-4)21-16-10-6-5-8-14(16)12-19/h5-6,8,10,15,21H,7,9,11,13H2,1-4H3,(H,20,22). The minimum Gasteiger partial charge on any atom is -0.444 e. The Morgan fingerprint density at radius 2 is 2.04 bits per heavy atom. The van der Waals surface area contributed by atoms with Crippen molar-refractivity contribution in [2.75, 3.05) is 25.6 Å². The van der Waals surface area contributed by atoms with Gasteiger partial charge in [0.05, 0.1) is 17.9 Å². The number of hydrogen-bond acceptors (Lipinski definition) is 5. The van der Waals surface area contributed by atoms with E-state index in [9.17, 15) is 4.79 Å². The molecule has 0 aliphatic carbocycles. The summed E-state index contributed by atoms with van der Waals surface area (Å²) >= 11 is 0. The average Bonchev–Trinajstić information content (AvgIpc) is 2.50. The number of methoxy groups -OCH3 is 1. The van der Waals surface area contributed by atoms with Crippen LogP contribution in [0.2, 0.25) is 0 Å². The number of rotatable bonds is 8. The fourth-order valence-corrected chi connectivity index (χ4v) is 2.18. The van der Waals surface area contributed by atoms with Crippen molar-refractivity contribution in [3.8, 4) is 6.07 Å². The number of para-hydroxylation sites is 1. The Hall–Kier alpha value is -2.26. The van der Waals surface area contributed by atoms with Crippen molar-refractivity contribution in [3.63, 3.8) is 0 Å². The molecule has 1 amide bonds. The Morgan fingerprint density at radius 1 is 1.33 bits per heavy atom. The van der Waals surface area contributed by atoms with Crippen LogP contribution in [0, 0.1) is 11.3 Å². The van der Waals surface area contributed by atoms with Crippen molar-refractivity contribution >= 4 is 11.8 Å². The first kappa shape index (κ1) is 19.8. The van der Waals surface area contributed by atoms with Crippen molar-refractivity contribution in [3.05, 3.63) is 29.8 Å². The number of hydrogen-bond donors (Lipinski definition) is 2. The first-order chi connectivity index (χ1) is 11.4. The number of alkyl carbamates (subject to hydrolysis) is 1. The molecular weight excluding hydrogens is 306 g/mol. The Bertz CT molecular complexity index is 561. The lowest BCUT2D eigenvalue weighted by Crippen LogP contribution is -2.34. The lowest BCUT2D eigenvalue weighted by molar-refractivity contribution is 0.0526. The van der Waals surface area contributed by atoms with Crippen LogP contribution in [0.3, 0.4) is 0 Å². The third kappa shape index (κ3) is 7.84. The second kappa shape index (κ2) is 9.78. The molecule has 0 radical (unpaired) electrons. The van der Waals surface area contributed by atoms with Crippen LogP contribution in [0.5, 0.6) is 0 Å². The van der Waals surface area contributed by atoms with Gasteiger partial charge in [0.2, 0.25) is 0 Å². The summed E-state index contributed by atoms with van der Waals surface area (Å²) < 4.78 is 10.4. The number of amides is 1. The Labute approximate surface area is 144 Å². The molecule has 0 bridgehead atoms. The summed E-state index contributed by atoms with van der Waals surface area (Å²) in [5, 5.41) is 15.2. The Balaban J connectivity index is 2.44. The molecule has 0 fully saturated rings. The summed E-state index contributed by atoms with van der Waals surface area (Å²) in [6, 6.07) is 9.60. The molecule has 1 aromatic rings. The lowest BCUT2D eigenvalue weighted by Gasteiger charge is -2.21. The van der Waals surface area contributed by atoms with Gasteiger partial charge in [0.25, 0.3) is 0 Å². The van der Waals surface area contributed by atoms with E-state index < -0.39 is 11.7 Å². The van der Waals surface area contributed by atoms with Gasteiger partial charge in [0.15, 0.2) is 0 Å². The first-order valence-electron chi connectivity index (χ1n) is 8.07. The largest absolute Gasteiger partial charge is 0.444 e. The Morgan fingerprint density at radius 3 is 2.67 bits per heavy atom. The number of carbonyl (C=O) groups excluding carboxylic acids is 1. The number of carbonyl (C=O) groups is 1. The molecule has 0 spiro atoms. The van der Waals surface area contributed by atoms with Gasteiger partial charge in [0.1, 0.15) is 11.7 Å². The molecule has 1 rings (SSSR count). The van der Waals surface area contributed by atoms with Gasteiger partial charge in [-0.2, -0.15) is 5.26 Å². The van der Waals surface area contributed by atoms with Crippen molar-refractivity contribution in [1.29, 1.82) is 5.26 Å². The monoisotopic (exact) mass is 333 g/mol. The van der Waals surface area contributed by atoms with Gasteiger partial charge < -0.3 is 20.1 Å². The van der Waals surface area contributed by atoms with Gasteiger partial charge >= 0.3 is 6.09 Å². The van der Waals surface area contributed by atoms with E-state index in [-0.39, 0.29) is 6.04 Å². The summed E-state index contributed by atoms with van der Waals surface area (Å²) in [6.45, 7) is 6.54. The smallest absolute Gasteiger partial charge is 0.407 e. The molecule has 1 atom stereocenters. The van der Waals surface area contributed by atoms with Crippen LogP contribution in [0.1, 0.15) is 39.2 Å². The fourth-order valence-electron chi connectivity index (χ4n) is 2.18. The topological polar surface area (TPSA) is 83.4 Å². The van der Waals surface area contributed by atoms with Crippen LogP contribution < -0.4 is 10.6 Å². The van der Waals surface area contributed by atoms with Gasteiger partial charge in [-0.15, -0.1) is 0 Å². The third-order valence-electron chi connectivity index (χ3n) is 3.17.